The Kier molecular flexibility index (Phi) is 7.25. The molecule has 3 heteroatoms. The predicted octanol–water partition coefficient (Wildman–Crippen LogP) is 4.46. The summed E-state index contributed by atoms with van der Waals surface area (Å²) in [6, 6.07) is 6.72. The summed E-state index contributed by atoms with van der Waals surface area (Å²) in [5.74, 6) is 0. The third-order valence-corrected chi connectivity index (χ3v) is 3.42. The van der Waals surface area contributed by atoms with Crippen LogP contribution in [0.2, 0.25) is 5.02 Å². The van der Waals surface area contributed by atoms with Crippen molar-refractivity contribution in [1.82, 2.24) is 5.32 Å². The molecule has 0 aliphatic heterocycles. The second-order valence-corrected chi connectivity index (χ2v) is 5.67. The first-order valence-electron chi connectivity index (χ1n) is 7.35. The monoisotopic (exact) mass is 282 g/mol. The summed E-state index contributed by atoms with van der Waals surface area (Å²) >= 11 is 6.18. The fraction of sp³-hybridized carbons (Fsp3) is 0.625. The fourth-order valence-electron chi connectivity index (χ4n) is 2.25. The maximum absolute atomic E-state index is 6.18. The Morgan fingerprint density at radius 1 is 1.21 bits per heavy atom. The molecule has 1 aromatic rings. The van der Waals surface area contributed by atoms with Gasteiger partial charge in [0.1, 0.15) is 0 Å². The van der Waals surface area contributed by atoms with Crippen molar-refractivity contribution in [3.05, 3.63) is 28.8 Å². The molecule has 2 nitrogen and oxygen atoms in total. The number of nitrogens with zero attached hydrogens (tertiary/aromatic N) is 1. The summed E-state index contributed by atoms with van der Waals surface area (Å²) in [7, 11) is 0. The highest BCUT2D eigenvalue weighted by atomic mass is 35.5. The molecule has 1 rings (SSSR count). The third-order valence-electron chi connectivity index (χ3n) is 3.19. The first-order chi connectivity index (χ1) is 9.10. The molecule has 0 aromatic heterocycles. The van der Waals surface area contributed by atoms with Gasteiger partial charge in [0.25, 0.3) is 0 Å². The van der Waals surface area contributed by atoms with Gasteiger partial charge in [-0.1, -0.05) is 31.5 Å². The molecule has 1 aromatic carbocycles. The summed E-state index contributed by atoms with van der Waals surface area (Å²) in [4.78, 5) is 2.44. The van der Waals surface area contributed by atoms with Gasteiger partial charge >= 0.3 is 0 Å². The van der Waals surface area contributed by atoms with Crippen LogP contribution in [0.1, 0.15) is 46.1 Å². The molecule has 19 heavy (non-hydrogen) atoms. The van der Waals surface area contributed by atoms with E-state index in [4.69, 9.17) is 11.6 Å². The van der Waals surface area contributed by atoms with Gasteiger partial charge in [0.15, 0.2) is 0 Å². The van der Waals surface area contributed by atoms with Gasteiger partial charge in [-0.15, -0.1) is 0 Å². The number of hydrogen-bond acceptors (Lipinski definition) is 2. The van der Waals surface area contributed by atoms with E-state index in [1.807, 2.05) is 6.07 Å². The van der Waals surface area contributed by atoms with Gasteiger partial charge in [-0.2, -0.15) is 0 Å². The van der Waals surface area contributed by atoms with Gasteiger partial charge in [0.2, 0.25) is 0 Å². The number of hydrogen-bond donors (Lipinski definition) is 1. The molecule has 0 heterocycles. The minimum absolute atomic E-state index is 0.489. The Balaban J connectivity index is 2.96. The van der Waals surface area contributed by atoms with Crippen LogP contribution in [0.4, 0.5) is 5.69 Å². The second kappa shape index (κ2) is 8.44. The van der Waals surface area contributed by atoms with Crippen molar-refractivity contribution in [1.29, 1.82) is 0 Å². The molecule has 0 radical (unpaired) electrons. The summed E-state index contributed by atoms with van der Waals surface area (Å²) < 4.78 is 0. The number of nitrogens with one attached hydrogen (secondary N) is 1. The molecule has 0 aliphatic rings. The molecular weight excluding hydrogens is 256 g/mol. The van der Waals surface area contributed by atoms with E-state index in [1.54, 1.807) is 0 Å². The molecule has 0 unspecified atom stereocenters. The zero-order valence-corrected chi connectivity index (χ0v) is 13.4. The van der Waals surface area contributed by atoms with E-state index in [1.165, 1.54) is 11.3 Å². The first kappa shape index (κ1) is 16.3. The van der Waals surface area contributed by atoms with Crippen molar-refractivity contribution in [2.45, 2.75) is 53.1 Å². The topological polar surface area (TPSA) is 15.3 Å². The summed E-state index contributed by atoms with van der Waals surface area (Å²) in [6.45, 7) is 11.9. The Labute approximate surface area is 123 Å². The quantitative estimate of drug-likeness (QED) is 0.708. The van der Waals surface area contributed by atoms with E-state index in [-0.39, 0.29) is 0 Å². The van der Waals surface area contributed by atoms with Crippen LogP contribution in [0.5, 0.6) is 0 Å². The number of anilines is 1. The zero-order valence-electron chi connectivity index (χ0n) is 12.7. The highest BCUT2D eigenvalue weighted by molar-refractivity contribution is 6.30. The van der Waals surface area contributed by atoms with Crippen LogP contribution in [0, 0.1) is 0 Å². The Hall–Kier alpha value is -0.730. The maximum atomic E-state index is 6.18. The van der Waals surface area contributed by atoms with E-state index >= 15 is 0 Å². The lowest BCUT2D eigenvalue weighted by Gasteiger charge is -2.31. The molecule has 0 bridgehead atoms. The number of benzene rings is 1. The van der Waals surface area contributed by atoms with E-state index in [0.717, 1.165) is 37.5 Å². The maximum Gasteiger partial charge on any atom is 0.0429 e. The van der Waals surface area contributed by atoms with E-state index in [2.05, 4.69) is 50.0 Å². The fourth-order valence-corrected chi connectivity index (χ4v) is 2.42. The highest BCUT2D eigenvalue weighted by Crippen LogP contribution is 2.27. The molecule has 0 saturated heterocycles. The molecular formula is C16H27ClN2. The van der Waals surface area contributed by atoms with Gasteiger partial charge < -0.3 is 10.2 Å². The molecule has 0 aliphatic carbocycles. The van der Waals surface area contributed by atoms with Crippen LogP contribution in [0.3, 0.4) is 0 Å². The largest absolute Gasteiger partial charge is 0.369 e. The molecule has 0 spiro atoms. The first-order valence-corrected chi connectivity index (χ1v) is 7.73. The van der Waals surface area contributed by atoms with Crippen LogP contribution in [-0.4, -0.2) is 19.1 Å². The van der Waals surface area contributed by atoms with Crippen LogP contribution in [0.15, 0.2) is 18.2 Å². The van der Waals surface area contributed by atoms with Crippen LogP contribution >= 0.6 is 11.6 Å². The normalized spacial score (nSPS) is 11.1. The van der Waals surface area contributed by atoms with Crippen molar-refractivity contribution >= 4 is 17.3 Å². The van der Waals surface area contributed by atoms with Crippen molar-refractivity contribution in [2.24, 2.45) is 0 Å². The van der Waals surface area contributed by atoms with E-state index in [9.17, 15) is 0 Å². The lowest BCUT2D eigenvalue weighted by Crippen LogP contribution is -2.32. The van der Waals surface area contributed by atoms with Crippen molar-refractivity contribution in [3.63, 3.8) is 0 Å². The smallest absolute Gasteiger partial charge is 0.0429 e. The number of rotatable bonds is 8. The van der Waals surface area contributed by atoms with E-state index in [0.29, 0.717) is 6.04 Å². The minimum Gasteiger partial charge on any atom is -0.369 e. The third kappa shape index (κ3) is 5.04. The van der Waals surface area contributed by atoms with Crippen molar-refractivity contribution in [2.75, 3.05) is 18.0 Å². The van der Waals surface area contributed by atoms with Gasteiger partial charge in [0, 0.05) is 29.8 Å². The van der Waals surface area contributed by atoms with Crippen molar-refractivity contribution < 1.29 is 0 Å². The molecule has 0 saturated carbocycles. The van der Waals surface area contributed by atoms with Gasteiger partial charge in [-0.05, 0) is 50.9 Å². The average molecular weight is 283 g/mol. The van der Waals surface area contributed by atoms with Crippen LogP contribution in [0.25, 0.3) is 0 Å². The van der Waals surface area contributed by atoms with Gasteiger partial charge in [-0.3, -0.25) is 0 Å². The van der Waals surface area contributed by atoms with E-state index < -0.39 is 0 Å². The molecule has 0 amide bonds. The van der Waals surface area contributed by atoms with Gasteiger partial charge in [-0.25, -0.2) is 0 Å². The highest BCUT2D eigenvalue weighted by Gasteiger charge is 2.14. The average Bonchev–Trinajstić information content (AvgIpc) is 2.37. The van der Waals surface area contributed by atoms with Gasteiger partial charge in [0.05, 0.1) is 0 Å². The lowest BCUT2D eigenvalue weighted by atomic mass is 10.1. The Morgan fingerprint density at radius 2 is 1.95 bits per heavy atom. The zero-order chi connectivity index (χ0) is 14.3. The molecule has 1 N–H and O–H groups in total. The molecule has 0 fully saturated rings. The Morgan fingerprint density at radius 3 is 2.53 bits per heavy atom. The minimum atomic E-state index is 0.489. The summed E-state index contributed by atoms with van der Waals surface area (Å²) in [5, 5.41) is 4.29. The Bertz CT molecular complexity index is 377. The SMILES string of the molecule is CCCNCc1ccc(Cl)cc1N(CCC)C(C)C. The van der Waals surface area contributed by atoms with Crippen molar-refractivity contribution in [3.8, 4) is 0 Å². The summed E-state index contributed by atoms with van der Waals surface area (Å²) in [6.07, 6.45) is 2.30. The number of halogens is 1. The summed E-state index contributed by atoms with van der Waals surface area (Å²) in [5.41, 5.74) is 2.60. The van der Waals surface area contributed by atoms with Crippen LogP contribution < -0.4 is 10.2 Å². The van der Waals surface area contributed by atoms with Crippen LogP contribution in [-0.2, 0) is 6.54 Å². The predicted molar refractivity (Wildman–Crippen MR) is 86.2 cm³/mol. The lowest BCUT2D eigenvalue weighted by molar-refractivity contribution is 0.649. The second-order valence-electron chi connectivity index (χ2n) is 5.24. The standard InChI is InChI=1S/C16H27ClN2/c1-5-9-18-12-14-7-8-15(17)11-16(14)19(10-6-2)13(3)4/h7-8,11,13,18H,5-6,9-10,12H2,1-4H3. The molecule has 0 atom stereocenters. The molecule has 108 valence electrons.